The van der Waals surface area contributed by atoms with Gasteiger partial charge in [0.1, 0.15) is 0 Å². The number of ketones is 1. The summed E-state index contributed by atoms with van der Waals surface area (Å²) in [4.78, 5) is 23.3. The molecule has 0 fully saturated rings. The fourth-order valence-electron chi connectivity index (χ4n) is 2.11. The Hall–Kier alpha value is -2.08. The number of carbonyl (C=O) groups excluding carboxylic acids is 2. The van der Waals surface area contributed by atoms with E-state index in [1.807, 2.05) is 25.1 Å². The first-order valence-corrected chi connectivity index (χ1v) is 7.08. The molecule has 114 valence electrons. The van der Waals surface area contributed by atoms with E-state index in [4.69, 9.17) is 15.2 Å². The number of fused-ring (bicyclic) bond motifs is 1. The highest BCUT2D eigenvalue weighted by molar-refractivity contribution is 6.38. The molecule has 0 saturated carbocycles. The average molecular weight is 292 g/mol. The van der Waals surface area contributed by atoms with Gasteiger partial charge < -0.3 is 20.5 Å². The summed E-state index contributed by atoms with van der Waals surface area (Å²) in [6.07, 6.45) is 1.91. The lowest BCUT2D eigenvalue weighted by molar-refractivity contribution is -0.138. The average Bonchev–Trinajstić information content (AvgIpc) is 2.94. The highest BCUT2D eigenvalue weighted by Crippen LogP contribution is 2.32. The lowest BCUT2D eigenvalue weighted by atomic mass is 10.1. The fourth-order valence-corrected chi connectivity index (χ4v) is 2.11. The minimum Gasteiger partial charge on any atom is -0.454 e. The molecule has 0 bridgehead atoms. The van der Waals surface area contributed by atoms with Crippen LogP contribution in [0, 0.1) is 0 Å². The van der Waals surface area contributed by atoms with Gasteiger partial charge in [0.05, 0.1) is 6.04 Å². The minimum absolute atomic E-state index is 0.235. The smallest absolute Gasteiger partial charge is 0.289 e. The van der Waals surface area contributed by atoms with E-state index in [1.54, 1.807) is 0 Å². The standard InChI is InChI=1S/C15H20N2O4/c1-2-3-11(16)14(18)15(19)17-7-6-10-4-5-12-13(8-10)21-9-20-12/h4-5,8,11H,2-3,6-7,9,16H2,1H3,(H,17,19). The molecule has 0 aliphatic carbocycles. The highest BCUT2D eigenvalue weighted by Gasteiger charge is 2.20. The van der Waals surface area contributed by atoms with Crippen molar-refractivity contribution in [3.8, 4) is 11.5 Å². The minimum atomic E-state index is -0.708. The molecule has 0 radical (unpaired) electrons. The Kier molecular flexibility index (Phi) is 5.16. The van der Waals surface area contributed by atoms with Crippen molar-refractivity contribution in [3.63, 3.8) is 0 Å². The summed E-state index contributed by atoms with van der Waals surface area (Å²) in [5.74, 6) is 0.266. The van der Waals surface area contributed by atoms with E-state index in [9.17, 15) is 9.59 Å². The SMILES string of the molecule is CCCC(N)C(=O)C(=O)NCCc1ccc2c(c1)OCO2. The van der Waals surface area contributed by atoms with Crippen LogP contribution in [0.15, 0.2) is 18.2 Å². The van der Waals surface area contributed by atoms with Gasteiger partial charge in [-0.3, -0.25) is 9.59 Å². The highest BCUT2D eigenvalue weighted by atomic mass is 16.7. The lowest BCUT2D eigenvalue weighted by Gasteiger charge is -2.09. The van der Waals surface area contributed by atoms with Crippen molar-refractivity contribution in [1.29, 1.82) is 0 Å². The van der Waals surface area contributed by atoms with Crippen LogP contribution in [-0.2, 0) is 16.0 Å². The quantitative estimate of drug-likeness (QED) is 0.724. The Morgan fingerprint density at radius 1 is 1.33 bits per heavy atom. The van der Waals surface area contributed by atoms with Crippen molar-refractivity contribution in [2.24, 2.45) is 5.73 Å². The van der Waals surface area contributed by atoms with Gasteiger partial charge >= 0.3 is 0 Å². The third-order valence-electron chi connectivity index (χ3n) is 3.30. The molecular formula is C15H20N2O4. The number of nitrogens with one attached hydrogen (secondary N) is 1. The second-order valence-corrected chi connectivity index (χ2v) is 4.95. The van der Waals surface area contributed by atoms with Crippen LogP contribution in [0.4, 0.5) is 0 Å². The summed E-state index contributed by atoms with van der Waals surface area (Å²) in [7, 11) is 0. The topological polar surface area (TPSA) is 90.7 Å². The third-order valence-corrected chi connectivity index (χ3v) is 3.30. The fraction of sp³-hybridized carbons (Fsp3) is 0.467. The molecule has 1 aliphatic rings. The zero-order valence-corrected chi connectivity index (χ0v) is 12.1. The summed E-state index contributed by atoms with van der Waals surface area (Å²) < 4.78 is 10.5. The van der Waals surface area contributed by atoms with E-state index in [0.717, 1.165) is 17.7 Å². The van der Waals surface area contributed by atoms with Crippen LogP contribution in [0.2, 0.25) is 0 Å². The molecule has 1 atom stereocenters. The van der Waals surface area contributed by atoms with Crippen LogP contribution in [0.3, 0.4) is 0 Å². The molecule has 0 spiro atoms. The number of nitrogens with two attached hydrogens (primary N) is 1. The van der Waals surface area contributed by atoms with Crippen molar-refractivity contribution in [3.05, 3.63) is 23.8 Å². The molecule has 1 unspecified atom stereocenters. The molecule has 6 heteroatoms. The van der Waals surface area contributed by atoms with Crippen LogP contribution < -0.4 is 20.5 Å². The van der Waals surface area contributed by atoms with E-state index in [2.05, 4.69) is 5.32 Å². The normalized spacial score (nSPS) is 13.8. The van der Waals surface area contributed by atoms with Crippen LogP contribution in [0.1, 0.15) is 25.3 Å². The molecule has 0 saturated heterocycles. The molecule has 1 amide bonds. The maximum Gasteiger partial charge on any atom is 0.289 e. The van der Waals surface area contributed by atoms with E-state index in [0.29, 0.717) is 25.1 Å². The number of carbonyl (C=O) groups is 2. The molecule has 3 N–H and O–H groups in total. The number of ether oxygens (including phenoxy) is 2. The molecule has 1 heterocycles. The number of amides is 1. The molecule has 1 aromatic rings. The summed E-state index contributed by atoms with van der Waals surface area (Å²) >= 11 is 0. The van der Waals surface area contributed by atoms with Gasteiger partial charge in [-0.2, -0.15) is 0 Å². The zero-order valence-electron chi connectivity index (χ0n) is 12.1. The van der Waals surface area contributed by atoms with Gasteiger partial charge in [-0.1, -0.05) is 19.4 Å². The summed E-state index contributed by atoms with van der Waals surface area (Å²) in [6.45, 7) is 2.53. The maximum atomic E-state index is 11.7. The number of hydrogen-bond donors (Lipinski definition) is 2. The lowest BCUT2D eigenvalue weighted by Crippen LogP contribution is -2.42. The van der Waals surface area contributed by atoms with Gasteiger partial charge in [0.15, 0.2) is 11.5 Å². The first kappa shape index (κ1) is 15.3. The van der Waals surface area contributed by atoms with Crippen molar-refractivity contribution in [2.75, 3.05) is 13.3 Å². The Morgan fingerprint density at radius 3 is 2.86 bits per heavy atom. The predicted molar refractivity (Wildman–Crippen MR) is 77.2 cm³/mol. The maximum absolute atomic E-state index is 11.7. The Morgan fingerprint density at radius 2 is 2.10 bits per heavy atom. The number of hydrogen-bond acceptors (Lipinski definition) is 5. The van der Waals surface area contributed by atoms with Gasteiger partial charge in [0.25, 0.3) is 5.91 Å². The first-order chi connectivity index (χ1) is 10.1. The van der Waals surface area contributed by atoms with E-state index in [1.165, 1.54) is 0 Å². The zero-order chi connectivity index (χ0) is 15.2. The molecule has 1 aliphatic heterocycles. The third kappa shape index (κ3) is 3.95. The molecular weight excluding hydrogens is 272 g/mol. The van der Waals surface area contributed by atoms with Gasteiger partial charge in [-0.25, -0.2) is 0 Å². The second kappa shape index (κ2) is 7.08. The number of Topliss-reactive ketones (excluding diaryl/α,β-unsaturated/α-hetero) is 1. The Labute approximate surface area is 123 Å². The van der Waals surface area contributed by atoms with Gasteiger partial charge in [-0.15, -0.1) is 0 Å². The van der Waals surface area contributed by atoms with Crippen LogP contribution >= 0.6 is 0 Å². The molecule has 6 nitrogen and oxygen atoms in total. The summed E-state index contributed by atoms with van der Waals surface area (Å²) in [5, 5.41) is 2.60. The summed E-state index contributed by atoms with van der Waals surface area (Å²) in [5.41, 5.74) is 6.64. The van der Waals surface area contributed by atoms with E-state index < -0.39 is 17.7 Å². The molecule has 1 aromatic carbocycles. The van der Waals surface area contributed by atoms with Crippen molar-refractivity contribution in [2.45, 2.75) is 32.2 Å². The van der Waals surface area contributed by atoms with Gasteiger partial charge in [0, 0.05) is 6.54 Å². The van der Waals surface area contributed by atoms with Gasteiger partial charge in [0.2, 0.25) is 12.6 Å². The van der Waals surface area contributed by atoms with Crippen LogP contribution in [-0.4, -0.2) is 31.1 Å². The van der Waals surface area contributed by atoms with Crippen LogP contribution in [0.25, 0.3) is 0 Å². The first-order valence-electron chi connectivity index (χ1n) is 7.08. The monoisotopic (exact) mass is 292 g/mol. The van der Waals surface area contributed by atoms with E-state index >= 15 is 0 Å². The largest absolute Gasteiger partial charge is 0.454 e. The second-order valence-electron chi connectivity index (χ2n) is 4.95. The Balaban J connectivity index is 1.79. The van der Waals surface area contributed by atoms with Crippen molar-refractivity contribution >= 4 is 11.7 Å². The van der Waals surface area contributed by atoms with Gasteiger partial charge in [-0.05, 0) is 30.5 Å². The molecule has 2 rings (SSSR count). The van der Waals surface area contributed by atoms with Crippen molar-refractivity contribution in [1.82, 2.24) is 5.32 Å². The Bertz CT molecular complexity index is 530. The van der Waals surface area contributed by atoms with Crippen molar-refractivity contribution < 1.29 is 19.1 Å². The summed E-state index contributed by atoms with van der Waals surface area (Å²) in [6, 6.07) is 4.91. The molecule has 0 aromatic heterocycles. The number of rotatable bonds is 7. The molecule has 21 heavy (non-hydrogen) atoms. The van der Waals surface area contributed by atoms with Crippen LogP contribution in [0.5, 0.6) is 11.5 Å². The number of benzene rings is 1. The van der Waals surface area contributed by atoms with E-state index in [-0.39, 0.29) is 6.79 Å². The predicted octanol–water partition coefficient (Wildman–Crippen LogP) is 0.770.